The van der Waals surface area contributed by atoms with Crippen LogP contribution in [0.1, 0.15) is 5.56 Å². The molecule has 0 amide bonds. The summed E-state index contributed by atoms with van der Waals surface area (Å²) < 4.78 is 14.4. The van der Waals surface area contributed by atoms with Gasteiger partial charge < -0.3 is 10.2 Å². The maximum absolute atomic E-state index is 13.6. The molecule has 4 heteroatoms. The molecular formula is C10H12BrFO2. The van der Waals surface area contributed by atoms with Crippen LogP contribution in [0.2, 0.25) is 0 Å². The minimum Gasteiger partial charge on any atom is -0.393 e. The Bertz CT molecular complexity index is 300. The van der Waals surface area contributed by atoms with Crippen molar-refractivity contribution < 1.29 is 14.6 Å². The minimum atomic E-state index is -1.93. The largest absolute Gasteiger partial charge is 0.393 e. The first-order chi connectivity index (χ1) is 6.59. The molecule has 0 atom stereocenters. The molecule has 1 aromatic carbocycles. The Labute approximate surface area is 90.5 Å². The summed E-state index contributed by atoms with van der Waals surface area (Å²) in [6.07, 6.45) is 0.0133. The summed E-state index contributed by atoms with van der Waals surface area (Å²) in [4.78, 5) is 0. The molecule has 0 unspecified atom stereocenters. The summed E-state index contributed by atoms with van der Waals surface area (Å²) in [6, 6.07) is 7.14. The van der Waals surface area contributed by atoms with Gasteiger partial charge in [-0.05, 0) is 17.7 Å². The molecule has 0 radical (unpaired) electrons. The summed E-state index contributed by atoms with van der Waals surface area (Å²) in [5.74, 6) is 0. The Hall–Kier alpha value is -0.450. The Morgan fingerprint density at radius 1 is 1.29 bits per heavy atom. The highest BCUT2D eigenvalue weighted by atomic mass is 79.9. The first-order valence-corrected chi connectivity index (χ1v) is 5.04. The smallest absolute Gasteiger partial charge is 0.160 e. The van der Waals surface area contributed by atoms with E-state index in [1.165, 1.54) is 0 Å². The molecule has 0 aliphatic carbocycles. The fraction of sp³-hybridized carbons (Fsp3) is 0.400. The molecule has 2 nitrogen and oxygen atoms in total. The predicted octanol–water partition coefficient (Wildman–Crippen LogP) is 1.68. The number of halogens is 2. The van der Waals surface area contributed by atoms with E-state index < -0.39 is 18.9 Å². The van der Waals surface area contributed by atoms with Crippen molar-refractivity contribution in [3.8, 4) is 0 Å². The van der Waals surface area contributed by atoms with Gasteiger partial charge in [0.05, 0.1) is 13.2 Å². The number of aliphatic hydroxyl groups is 2. The lowest BCUT2D eigenvalue weighted by Gasteiger charge is -2.20. The van der Waals surface area contributed by atoms with Crippen molar-refractivity contribution in [2.75, 3.05) is 13.2 Å². The molecule has 78 valence electrons. The highest BCUT2D eigenvalue weighted by molar-refractivity contribution is 9.10. The zero-order valence-electron chi connectivity index (χ0n) is 7.58. The highest BCUT2D eigenvalue weighted by Crippen LogP contribution is 2.19. The molecule has 0 fully saturated rings. The molecule has 0 spiro atoms. The number of hydrogen-bond acceptors (Lipinski definition) is 2. The summed E-state index contributed by atoms with van der Waals surface area (Å²) in [6.45, 7) is -1.34. The van der Waals surface area contributed by atoms with Gasteiger partial charge in [-0.3, -0.25) is 0 Å². The van der Waals surface area contributed by atoms with Gasteiger partial charge in [0.25, 0.3) is 0 Å². The van der Waals surface area contributed by atoms with Crippen molar-refractivity contribution in [3.63, 3.8) is 0 Å². The number of rotatable bonds is 4. The third kappa shape index (κ3) is 3.04. The van der Waals surface area contributed by atoms with Crippen LogP contribution in [0.15, 0.2) is 28.7 Å². The van der Waals surface area contributed by atoms with Gasteiger partial charge in [-0.2, -0.15) is 0 Å². The van der Waals surface area contributed by atoms with Gasteiger partial charge in [0.1, 0.15) is 0 Å². The van der Waals surface area contributed by atoms with Gasteiger partial charge in [-0.1, -0.05) is 28.1 Å². The lowest BCUT2D eigenvalue weighted by atomic mass is 9.98. The first kappa shape index (κ1) is 11.6. The van der Waals surface area contributed by atoms with Crippen LogP contribution in [0.4, 0.5) is 4.39 Å². The van der Waals surface area contributed by atoms with Crippen LogP contribution in [0.3, 0.4) is 0 Å². The number of aliphatic hydroxyl groups excluding tert-OH is 2. The van der Waals surface area contributed by atoms with E-state index in [4.69, 9.17) is 10.2 Å². The summed E-state index contributed by atoms with van der Waals surface area (Å²) in [7, 11) is 0. The van der Waals surface area contributed by atoms with Gasteiger partial charge in [-0.25, -0.2) is 4.39 Å². The highest BCUT2D eigenvalue weighted by Gasteiger charge is 2.28. The second-order valence-corrected chi connectivity index (χ2v) is 4.19. The summed E-state index contributed by atoms with van der Waals surface area (Å²) in [5.41, 5.74) is -1.19. The summed E-state index contributed by atoms with van der Waals surface area (Å²) >= 11 is 3.27. The van der Waals surface area contributed by atoms with Crippen LogP contribution in [-0.4, -0.2) is 29.1 Å². The average Bonchev–Trinajstić information content (AvgIpc) is 2.18. The number of alkyl halides is 1. The van der Waals surface area contributed by atoms with Crippen molar-refractivity contribution >= 4 is 15.9 Å². The Morgan fingerprint density at radius 3 is 2.43 bits per heavy atom. The molecular weight excluding hydrogens is 251 g/mol. The SMILES string of the molecule is OCC(F)(CO)Cc1cccc(Br)c1. The zero-order chi connectivity index (χ0) is 10.6. The van der Waals surface area contributed by atoms with E-state index in [-0.39, 0.29) is 6.42 Å². The first-order valence-electron chi connectivity index (χ1n) is 4.25. The van der Waals surface area contributed by atoms with Crippen molar-refractivity contribution in [2.45, 2.75) is 12.1 Å². The monoisotopic (exact) mass is 262 g/mol. The Balaban J connectivity index is 2.77. The van der Waals surface area contributed by atoms with Gasteiger partial charge in [0.15, 0.2) is 5.67 Å². The Kier molecular flexibility index (Phi) is 4.04. The second kappa shape index (κ2) is 4.87. The molecule has 0 aliphatic heterocycles. The van der Waals surface area contributed by atoms with Crippen LogP contribution in [-0.2, 0) is 6.42 Å². The molecule has 1 rings (SSSR count). The van der Waals surface area contributed by atoms with E-state index >= 15 is 0 Å². The van der Waals surface area contributed by atoms with Gasteiger partial charge in [0, 0.05) is 10.9 Å². The van der Waals surface area contributed by atoms with Crippen LogP contribution >= 0.6 is 15.9 Å². The molecule has 0 saturated heterocycles. The topological polar surface area (TPSA) is 40.5 Å². The maximum atomic E-state index is 13.6. The molecule has 1 aromatic rings. The Morgan fingerprint density at radius 2 is 1.93 bits per heavy atom. The van der Waals surface area contributed by atoms with Crippen molar-refractivity contribution in [1.29, 1.82) is 0 Å². The lowest BCUT2D eigenvalue weighted by molar-refractivity contribution is 0.0166. The van der Waals surface area contributed by atoms with E-state index in [1.807, 2.05) is 6.07 Å². The number of benzene rings is 1. The quantitative estimate of drug-likeness (QED) is 0.867. The lowest BCUT2D eigenvalue weighted by Crippen LogP contribution is -2.34. The van der Waals surface area contributed by atoms with Crippen LogP contribution < -0.4 is 0 Å². The van der Waals surface area contributed by atoms with Gasteiger partial charge in [-0.15, -0.1) is 0 Å². The summed E-state index contributed by atoms with van der Waals surface area (Å²) in [5, 5.41) is 17.5. The van der Waals surface area contributed by atoms with Crippen LogP contribution in [0.25, 0.3) is 0 Å². The van der Waals surface area contributed by atoms with Crippen molar-refractivity contribution in [3.05, 3.63) is 34.3 Å². The minimum absolute atomic E-state index is 0.0133. The standard InChI is InChI=1S/C10H12BrFO2/c11-9-3-1-2-8(4-9)5-10(12,6-13)7-14/h1-4,13-14H,5-7H2. The molecule has 0 saturated carbocycles. The molecule has 0 aliphatic rings. The molecule has 0 aromatic heterocycles. The van der Waals surface area contributed by atoms with E-state index in [2.05, 4.69) is 15.9 Å². The molecule has 0 bridgehead atoms. The van der Waals surface area contributed by atoms with E-state index in [0.29, 0.717) is 0 Å². The fourth-order valence-corrected chi connectivity index (χ4v) is 1.62. The van der Waals surface area contributed by atoms with Crippen molar-refractivity contribution in [2.24, 2.45) is 0 Å². The zero-order valence-corrected chi connectivity index (χ0v) is 9.17. The average molecular weight is 263 g/mol. The van der Waals surface area contributed by atoms with E-state index in [0.717, 1.165) is 10.0 Å². The molecule has 0 heterocycles. The third-order valence-corrected chi connectivity index (χ3v) is 2.47. The second-order valence-electron chi connectivity index (χ2n) is 3.27. The van der Waals surface area contributed by atoms with Crippen LogP contribution in [0, 0.1) is 0 Å². The molecule has 2 N–H and O–H groups in total. The van der Waals surface area contributed by atoms with Gasteiger partial charge in [0.2, 0.25) is 0 Å². The third-order valence-electron chi connectivity index (χ3n) is 1.98. The number of hydrogen-bond donors (Lipinski definition) is 2. The maximum Gasteiger partial charge on any atom is 0.160 e. The molecule has 14 heavy (non-hydrogen) atoms. The predicted molar refractivity (Wildman–Crippen MR) is 55.9 cm³/mol. The normalized spacial score (nSPS) is 11.7. The van der Waals surface area contributed by atoms with Crippen LogP contribution in [0.5, 0.6) is 0 Å². The van der Waals surface area contributed by atoms with E-state index in [1.54, 1.807) is 18.2 Å². The van der Waals surface area contributed by atoms with Gasteiger partial charge >= 0.3 is 0 Å². The van der Waals surface area contributed by atoms with E-state index in [9.17, 15) is 4.39 Å². The van der Waals surface area contributed by atoms with Crippen molar-refractivity contribution in [1.82, 2.24) is 0 Å². The fourth-order valence-electron chi connectivity index (χ4n) is 1.17.